The summed E-state index contributed by atoms with van der Waals surface area (Å²) in [5.74, 6) is 1.63. The van der Waals surface area contributed by atoms with Crippen molar-refractivity contribution in [1.29, 1.82) is 0 Å². The summed E-state index contributed by atoms with van der Waals surface area (Å²) in [6.07, 6.45) is 3.34. The van der Waals surface area contributed by atoms with Crippen LogP contribution in [-0.4, -0.2) is 16.6 Å². The molecule has 2 unspecified atom stereocenters. The Morgan fingerprint density at radius 1 is 1.45 bits per heavy atom. The second kappa shape index (κ2) is 5.80. The maximum Gasteiger partial charge on any atom is 0.107 e. The Labute approximate surface area is 135 Å². The minimum absolute atomic E-state index is 0.301. The number of nitrogens with one attached hydrogen (secondary N) is 1. The summed E-state index contributed by atoms with van der Waals surface area (Å²) < 4.78 is 5.56. The molecule has 5 heteroatoms. The summed E-state index contributed by atoms with van der Waals surface area (Å²) in [7, 11) is 0. The zero-order chi connectivity index (χ0) is 15.9. The molecule has 0 spiro atoms. The predicted molar refractivity (Wildman–Crippen MR) is 88.3 cm³/mol. The molecule has 22 heavy (non-hydrogen) atoms. The van der Waals surface area contributed by atoms with Gasteiger partial charge in [-0.2, -0.15) is 0 Å². The summed E-state index contributed by atoms with van der Waals surface area (Å²) in [4.78, 5) is 5.97. The fourth-order valence-electron chi connectivity index (χ4n) is 3.32. The number of hydrogen-bond donors (Lipinski definition) is 2. The van der Waals surface area contributed by atoms with Gasteiger partial charge in [0.15, 0.2) is 0 Å². The smallest absolute Gasteiger partial charge is 0.107 e. The molecular formula is C17H24N2O2S. The molecule has 2 aromatic heterocycles. The van der Waals surface area contributed by atoms with Crippen molar-refractivity contribution in [2.75, 3.05) is 6.54 Å². The van der Waals surface area contributed by atoms with Gasteiger partial charge in [0.1, 0.15) is 17.1 Å². The van der Waals surface area contributed by atoms with Crippen molar-refractivity contribution in [3.63, 3.8) is 0 Å². The third-order valence-corrected chi connectivity index (χ3v) is 5.50. The molecule has 2 aromatic rings. The largest absolute Gasteiger partial charge is 0.466 e. The normalized spacial score (nSPS) is 20.7. The second-order valence-corrected chi connectivity index (χ2v) is 7.71. The van der Waals surface area contributed by atoms with Gasteiger partial charge in [-0.1, -0.05) is 0 Å². The number of hydrogen-bond acceptors (Lipinski definition) is 5. The summed E-state index contributed by atoms with van der Waals surface area (Å²) >= 11 is 1.78. The Hall–Kier alpha value is -1.17. The highest BCUT2D eigenvalue weighted by atomic mass is 32.1. The maximum atomic E-state index is 10.8. The summed E-state index contributed by atoms with van der Waals surface area (Å²) in [6.45, 7) is 8.23. The summed E-state index contributed by atoms with van der Waals surface area (Å²) in [5.41, 5.74) is 1.18. The van der Waals surface area contributed by atoms with Gasteiger partial charge < -0.3 is 14.8 Å². The van der Waals surface area contributed by atoms with E-state index in [0.29, 0.717) is 12.6 Å². The van der Waals surface area contributed by atoms with Crippen LogP contribution >= 0.6 is 11.3 Å². The molecule has 1 aliphatic carbocycles. The van der Waals surface area contributed by atoms with E-state index < -0.39 is 5.60 Å². The van der Waals surface area contributed by atoms with Crippen LogP contribution in [0.2, 0.25) is 0 Å². The number of thiazole rings is 1. The molecule has 2 N–H and O–H groups in total. The van der Waals surface area contributed by atoms with Crippen LogP contribution in [0.3, 0.4) is 0 Å². The first-order valence-electron chi connectivity index (χ1n) is 7.86. The first kappa shape index (κ1) is 15.7. The van der Waals surface area contributed by atoms with Gasteiger partial charge in [-0.25, -0.2) is 4.98 Å². The van der Waals surface area contributed by atoms with E-state index in [9.17, 15) is 5.11 Å². The Balaban J connectivity index is 1.74. The summed E-state index contributed by atoms with van der Waals surface area (Å²) in [6, 6.07) is 2.23. The highest BCUT2D eigenvalue weighted by Crippen LogP contribution is 2.35. The number of aliphatic hydroxyl groups is 1. The van der Waals surface area contributed by atoms with Crippen molar-refractivity contribution in [1.82, 2.24) is 10.3 Å². The number of aryl methyl sites for hydroxylation is 4. The van der Waals surface area contributed by atoms with Gasteiger partial charge in [-0.3, -0.25) is 0 Å². The molecule has 0 aliphatic heterocycles. The van der Waals surface area contributed by atoms with Crippen molar-refractivity contribution in [2.24, 2.45) is 0 Å². The lowest BCUT2D eigenvalue weighted by Crippen LogP contribution is -2.38. The molecule has 0 amide bonds. The quantitative estimate of drug-likeness (QED) is 0.905. The number of fused-ring (bicyclic) bond motifs is 1. The Morgan fingerprint density at radius 2 is 2.23 bits per heavy atom. The fraction of sp³-hybridized carbons (Fsp3) is 0.588. The van der Waals surface area contributed by atoms with E-state index in [0.717, 1.165) is 41.4 Å². The molecule has 0 fully saturated rings. The number of furan rings is 1. The molecule has 0 saturated heterocycles. The van der Waals surface area contributed by atoms with Crippen molar-refractivity contribution in [3.8, 4) is 0 Å². The lowest BCUT2D eigenvalue weighted by molar-refractivity contribution is 0.0517. The van der Waals surface area contributed by atoms with Crippen LogP contribution in [0.1, 0.15) is 58.5 Å². The van der Waals surface area contributed by atoms with E-state index in [1.807, 2.05) is 26.8 Å². The van der Waals surface area contributed by atoms with Gasteiger partial charge >= 0.3 is 0 Å². The van der Waals surface area contributed by atoms with Gasteiger partial charge in [0, 0.05) is 23.0 Å². The van der Waals surface area contributed by atoms with Crippen LogP contribution in [0.15, 0.2) is 10.5 Å². The summed E-state index contributed by atoms with van der Waals surface area (Å²) in [5, 5.41) is 15.5. The van der Waals surface area contributed by atoms with Crippen LogP contribution in [0.5, 0.6) is 0 Å². The van der Waals surface area contributed by atoms with Crippen LogP contribution in [0.25, 0.3) is 0 Å². The molecular weight excluding hydrogens is 296 g/mol. The highest BCUT2D eigenvalue weighted by Gasteiger charge is 2.30. The maximum absolute atomic E-state index is 10.8. The van der Waals surface area contributed by atoms with Gasteiger partial charge in [0.05, 0.1) is 10.7 Å². The van der Waals surface area contributed by atoms with E-state index in [1.165, 1.54) is 10.6 Å². The zero-order valence-corrected chi connectivity index (χ0v) is 14.5. The van der Waals surface area contributed by atoms with Gasteiger partial charge in [-0.15, -0.1) is 11.3 Å². The van der Waals surface area contributed by atoms with Crippen LogP contribution in [0.4, 0.5) is 0 Å². The van der Waals surface area contributed by atoms with E-state index in [2.05, 4.69) is 17.2 Å². The molecule has 120 valence electrons. The number of rotatable bonds is 4. The van der Waals surface area contributed by atoms with Gasteiger partial charge in [0.25, 0.3) is 0 Å². The third-order valence-electron chi connectivity index (χ3n) is 4.37. The molecule has 2 heterocycles. The molecule has 0 saturated carbocycles. The molecule has 0 aromatic carbocycles. The fourth-order valence-corrected chi connectivity index (χ4v) is 4.40. The topological polar surface area (TPSA) is 58.3 Å². The molecule has 0 bridgehead atoms. The Bertz CT molecular complexity index is 672. The standard InChI is InChI=1S/C17H24N2O2S/c1-10-8-13(11(2)21-10)17(4,20)9-18-14-6-5-7-15-16(14)22-12(3)19-15/h8,14,18,20H,5-7,9H2,1-4H3. The van der Waals surface area contributed by atoms with E-state index in [-0.39, 0.29) is 0 Å². The minimum atomic E-state index is -0.931. The second-order valence-electron chi connectivity index (χ2n) is 6.47. The van der Waals surface area contributed by atoms with Crippen molar-refractivity contribution >= 4 is 11.3 Å². The van der Waals surface area contributed by atoms with Crippen LogP contribution in [-0.2, 0) is 12.0 Å². The first-order chi connectivity index (χ1) is 10.4. The van der Waals surface area contributed by atoms with Crippen molar-refractivity contribution in [2.45, 2.75) is 58.6 Å². The first-order valence-corrected chi connectivity index (χ1v) is 8.68. The molecule has 1 aliphatic rings. The Morgan fingerprint density at radius 3 is 2.91 bits per heavy atom. The molecule has 0 radical (unpaired) electrons. The highest BCUT2D eigenvalue weighted by molar-refractivity contribution is 7.11. The number of aromatic nitrogens is 1. The van der Waals surface area contributed by atoms with Gasteiger partial charge in [0.2, 0.25) is 0 Å². The molecule has 3 rings (SSSR count). The SMILES string of the molecule is Cc1cc(C(C)(O)CNC2CCCc3nc(C)sc32)c(C)o1. The minimum Gasteiger partial charge on any atom is -0.466 e. The average molecular weight is 320 g/mol. The Kier molecular flexibility index (Phi) is 4.14. The molecule has 2 atom stereocenters. The molecule has 4 nitrogen and oxygen atoms in total. The average Bonchev–Trinajstić information content (AvgIpc) is 2.98. The van der Waals surface area contributed by atoms with Crippen molar-refractivity contribution < 1.29 is 9.52 Å². The van der Waals surface area contributed by atoms with E-state index >= 15 is 0 Å². The van der Waals surface area contributed by atoms with Crippen LogP contribution in [0, 0.1) is 20.8 Å². The number of nitrogens with zero attached hydrogens (tertiary/aromatic N) is 1. The lowest BCUT2D eigenvalue weighted by Gasteiger charge is -2.28. The van der Waals surface area contributed by atoms with Gasteiger partial charge in [-0.05, 0) is 53.0 Å². The van der Waals surface area contributed by atoms with E-state index in [1.54, 1.807) is 11.3 Å². The van der Waals surface area contributed by atoms with Crippen LogP contribution < -0.4 is 5.32 Å². The zero-order valence-electron chi connectivity index (χ0n) is 13.7. The predicted octanol–water partition coefficient (Wildman–Crippen LogP) is 3.54. The van der Waals surface area contributed by atoms with Crippen molar-refractivity contribution in [3.05, 3.63) is 38.7 Å². The third kappa shape index (κ3) is 2.98. The monoisotopic (exact) mass is 320 g/mol. The lowest BCUT2D eigenvalue weighted by atomic mass is 9.93. The van der Waals surface area contributed by atoms with E-state index in [4.69, 9.17) is 4.42 Å².